The Morgan fingerprint density at radius 3 is 2.71 bits per heavy atom. The van der Waals surface area contributed by atoms with Gasteiger partial charge in [-0.2, -0.15) is 4.39 Å². The number of rotatable bonds is 3. The minimum absolute atomic E-state index is 0.0711. The van der Waals surface area contributed by atoms with Gasteiger partial charge in [0.2, 0.25) is 5.95 Å². The molecule has 2 rings (SSSR count). The van der Waals surface area contributed by atoms with Gasteiger partial charge in [-0.1, -0.05) is 34.1 Å². The summed E-state index contributed by atoms with van der Waals surface area (Å²) < 4.78 is 13.9. The van der Waals surface area contributed by atoms with Crippen LogP contribution in [0.1, 0.15) is 18.5 Å². The van der Waals surface area contributed by atoms with E-state index in [-0.39, 0.29) is 6.04 Å². The summed E-state index contributed by atoms with van der Waals surface area (Å²) in [7, 11) is 0. The zero-order valence-corrected chi connectivity index (χ0v) is 10.9. The van der Waals surface area contributed by atoms with E-state index in [1.807, 2.05) is 31.2 Å². The third kappa shape index (κ3) is 3.27. The first kappa shape index (κ1) is 12.0. The fourth-order valence-electron chi connectivity index (χ4n) is 1.57. The molecule has 0 aliphatic heterocycles. The maximum atomic E-state index is 12.9. The SMILES string of the molecule is CC(Nc1cccc(F)n1)c1cccc(Br)c1. The average molecular weight is 295 g/mol. The molecule has 1 N–H and O–H groups in total. The van der Waals surface area contributed by atoms with Gasteiger partial charge in [0.15, 0.2) is 0 Å². The van der Waals surface area contributed by atoms with Gasteiger partial charge in [-0.15, -0.1) is 0 Å². The fraction of sp³-hybridized carbons (Fsp3) is 0.154. The molecular weight excluding hydrogens is 283 g/mol. The number of hydrogen-bond acceptors (Lipinski definition) is 2. The van der Waals surface area contributed by atoms with Crippen LogP contribution in [0, 0.1) is 5.95 Å². The largest absolute Gasteiger partial charge is 0.363 e. The number of benzene rings is 1. The molecule has 0 fully saturated rings. The minimum Gasteiger partial charge on any atom is -0.363 e. The molecule has 0 saturated heterocycles. The molecule has 2 nitrogen and oxygen atoms in total. The number of hydrogen-bond donors (Lipinski definition) is 1. The molecule has 1 aromatic carbocycles. The summed E-state index contributed by atoms with van der Waals surface area (Å²) in [6.07, 6.45) is 0. The lowest BCUT2D eigenvalue weighted by Crippen LogP contribution is -2.08. The summed E-state index contributed by atoms with van der Waals surface area (Å²) in [6, 6.07) is 12.8. The Kier molecular flexibility index (Phi) is 3.74. The van der Waals surface area contributed by atoms with Gasteiger partial charge < -0.3 is 5.32 Å². The summed E-state index contributed by atoms with van der Waals surface area (Å²) in [5.41, 5.74) is 1.12. The van der Waals surface area contributed by atoms with E-state index in [1.165, 1.54) is 6.07 Å². The lowest BCUT2D eigenvalue weighted by atomic mass is 10.1. The number of pyridine rings is 1. The van der Waals surface area contributed by atoms with Crippen LogP contribution in [0.15, 0.2) is 46.9 Å². The third-order valence-corrected chi connectivity index (χ3v) is 2.92. The standard InChI is InChI=1S/C13H12BrFN2/c1-9(10-4-2-5-11(14)8-10)16-13-7-3-6-12(15)17-13/h2-9H,1H3,(H,16,17). The number of nitrogens with zero attached hydrogens (tertiary/aromatic N) is 1. The van der Waals surface area contributed by atoms with Crippen LogP contribution in [0.5, 0.6) is 0 Å². The third-order valence-electron chi connectivity index (χ3n) is 2.43. The van der Waals surface area contributed by atoms with Crippen molar-refractivity contribution in [3.05, 3.63) is 58.4 Å². The van der Waals surface area contributed by atoms with Crippen molar-refractivity contribution in [2.24, 2.45) is 0 Å². The summed E-state index contributed by atoms with van der Waals surface area (Å²) in [5, 5.41) is 3.15. The van der Waals surface area contributed by atoms with E-state index in [4.69, 9.17) is 0 Å². The minimum atomic E-state index is -0.476. The van der Waals surface area contributed by atoms with Crippen LogP contribution in [0.2, 0.25) is 0 Å². The van der Waals surface area contributed by atoms with Crippen LogP contribution in [0.25, 0.3) is 0 Å². The van der Waals surface area contributed by atoms with E-state index in [0.29, 0.717) is 5.82 Å². The maximum Gasteiger partial charge on any atom is 0.214 e. The van der Waals surface area contributed by atoms with Crippen molar-refractivity contribution in [3.63, 3.8) is 0 Å². The zero-order valence-electron chi connectivity index (χ0n) is 9.32. The molecular formula is C13H12BrFN2. The van der Waals surface area contributed by atoms with Gasteiger partial charge >= 0.3 is 0 Å². The maximum absolute atomic E-state index is 12.9. The predicted molar refractivity (Wildman–Crippen MR) is 70.4 cm³/mol. The van der Waals surface area contributed by atoms with Crippen LogP contribution in [0.4, 0.5) is 10.2 Å². The molecule has 0 bridgehead atoms. The predicted octanol–water partition coefficient (Wildman–Crippen LogP) is 4.16. The van der Waals surface area contributed by atoms with E-state index in [1.54, 1.807) is 12.1 Å². The lowest BCUT2D eigenvalue weighted by molar-refractivity contribution is 0.584. The highest BCUT2D eigenvalue weighted by Gasteiger charge is 2.06. The normalized spacial score (nSPS) is 12.2. The van der Waals surface area contributed by atoms with Crippen LogP contribution in [-0.4, -0.2) is 4.98 Å². The van der Waals surface area contributed by atoms with Crippen molar-refractivity contribution < 1.29 is 4.39 Å². The van der Waals surface area contributed by atoms with Gasteiger partial charge in [0.05, 0.1) is 0 Å². The fourth-order valence-corrected chi connectivity index (χ4v) is 1.99. The second-order valence-electron chi connectivity index (χ2n) is 3.77. The lowest BCUT2D eigenvalue weighted by Gasteiger charge is -2.15. The van der Waals surface area contributed by atoms with Gasteiger partial charge in [0.25, 0.3) is 0 Å². The summed E-state index contributed by atoms with van der Waals surface area (Å²) in [4.78, 5) is 3.77. The average Bonchev–Trinajstić information content (AvgIpc) is 2.29. The van der Waals surface area contributed by atoms with Crippen LogP contribution in [0.3, 0.4) is 0 Å². The van der Waals surface area contributed by atoms with E-state index in [0.717, 1.165) is 10.0 Å². The first-order chi connectivity index (χ1) is 8.15. The molecule has 17 heavy (non-hydrogen) atoms. The smallest absolute Gasteiger partial charge is 0.214 e. The van der Waals surface area contributed by atoms with Crippen LogP contribution in [-0.2, 0) is 0 Å². The first-order valence-electron chi connectivity index (χ1n) is 5.30. The Morgan fingerprint density at radius 2 is 2.00 bits per heavy atom. The number of nitrogens with one attached hydrogen (secondary N) is 1. The van der Waals surface area contributed by atoms with Gasteiger partial charge in [0.1, 0.15) is 5.82 Å². The number of halogens is 2. The molecule has 2 aromatic rings. The zero-order chi connectivity index (χ0) is 12.3. The number of anilines is 1. The molecule has 0 radical (unpaired) electrons. The summed E-state index contributed by atoms with van der Waals surface area (Å²) in [6.45, 7) is 2.01. The molecule has 0 aliphatic rings. The molecule has 88 valence electrons. The van der Waals surface area contributed by atoms with E-state index >= 15 is 0 Å². The quantitative estimate of drug-likeness (QED) is 0.860. The van der Waals surface area contributed by atoms with Crippen molar-refractivity contribution in [2.45, 2.75) is 13.0 Å². The van der Waals surface area contributed by atoms with Gasteiger partial charge in [0, 0.05) is 10.5 Å². The molecule has 1 unspecified atom stereocenters. The highest BCUT2D eigenvalue weighted by molar-refractivity contribution is 9.10. The first-order valence-corrected chi connectivity index (χ1v) is 6.09. The van der Waals surface area contributed by atoms with Crippen LogP contribution >= 0.6 is 15.9 Å². The van der Waals surface area contributed by atoms with Gasteiger partial charge in [-0.25, -0.2) is 4.98 Å². The van der Waals surface area contributed by atoms with Crippen molar-refractivity contribution in [2.75, 3.05) is 5.32 Å². The number of aromatic nitrogens is 1. The molecule has 0 saturated carbocycles. The van der Waals surface area contributed by atoms with Crippen molar-refractivity contribution in [3.8, 4) is 0 Å². The summed E-state index contributed by atoms with van der Waals surface area (Å²) >= 11 is 3.42. The molecule has 4 heteroatoms. The highest BCUT2D eigenvalue weighted by Crippen LogP contribution is 2.21. The van der Waals surface area contributed by atoms with E-state index < -0.39 is 5.95 Å². The Morgan fingerprint density at radius 1 is 1.24 bits per heavy atom. The highest BCUT2D eigenvalue weighted by atomic mass is 79.9. The Labute approximate surface area is 108 Å². The topological polar surface area (TPSA) is 24.9 Å². The summed E-state index contributed by atoms with van der Waals surface area (Å²) in [5.74, 6) is 0.0638. The molecule has 1 aromatic heterocycles. The Hall–Kier alpha value is -1.42. The van der Waals surface area contributed by atoms with Crippen molar-refractivity contribution >= 4 is 21.7 Å². The Balaban J connectivity index is 2.14. The molecule has 1 heterocycles. The monoisotopic (exact) mass is 294 g/mol. The second-order valence-corrected chi connectivity index (χ2v) is 4.68. The van der Waals surface area contributed by atoms with Crippen molar-refractivity contribution in [1.29, 1.82) is 0 Å². The second kappa shape index (κ2) is 5.27. The van der Waals surface area contributed by atoms with Gasteiger partial charge in [-0.3, -0.25) is 0 Å². The Bertz CT molecular complexity index is 516. The molecule has 0 spiro atoms. The van der Waals surface area contributed by atoms with Crippen molar-refractivity contribution in [1.82, 2.24) is 4.98 Å². The van der Waals surface area contributed by atoms with E-state index in [2.05, 4.69) is 26.2 Å². The molecule has 0 amide bonds. The van der Waals surface area contributed by atoms with Crippen LogP contribution < -0.4 is 5.32 Å². The van der Waals surface area contributed by atoms with E-state index in [9.17, 15) is 4.39 Å². The molecule has 0 aliphatic carbocycles. The van der Waals surface area contributed by atoms with Gasteiger partial charge in [-0.05, 0) is 36.8 Å². The molecule has 1 atom stereocenters.